The molecule has 28 heavy (non-hydrogen) atoms. The molecular weight excluding hydrogens is 370 g/mol. The molecule has 1 N–H and O–H groups in total. The molecule has 3 heterocycles. The van der Waals surface area contributed by atoms with Gasteiger partial charge in [0.25, 0.3) is 0 Å². The lowest BCUT2D eigenvalue weighted by atomic mass is 9.95. The van der Waals surface area contributed by atoms with Gasteiger partial charge in [-0.15, -0.1) is 11.3 Å². The summed E-state index contributed by atoms with van der Waals surface area (Å²) < 4.78 is 2.25. The van der Waals surface area contributed by atoms with E-state index in [1.807, 2.05) is 44.5 Å². The molecule has 0 bridgehead atoms. The molecule has 1 fully saturated rings. The van der Waals surface area contributed by atoms with Gasteiger partial charge in [0.05, 0.1) is 17.0 Å². The fourth-order valence-electron chi connectivity index (χ4n) is 4.39. The molecule has 1 aliphatic rings. The third-order valence-corrected chi connectivity index (χ3v) is 6.64. The van der Waals surface area contributed by atoms with E-state index in [4.69, 9.17) is 4.98 Å². The monoisotopic (exact) mass is 395 g/mol. The van der Waals surface area contributed by atoms with Gasteiger partial charge in [-0.25, -0.2) is 9.78 Å². The average Bonchev–Trinajstić information content (AvgIpc) is 3.25. The number of hydrogen-bond acceptors (Lipinski definition) is 4. The SMILES string of the molecule is Cc1ccc(-c2nc(-c3c(C)c(C(=O)O)c(C)n3C3CCCCC3)cs2)cn1. The van der Waals surface area contributed by atoms with E-state index in [0.29, 0.717) is 11.6 Å². The number of hydrogen-bond donors (Lipinski definition) is 1. The summed E-state index contributed by atoms with van der Waals surface area (Å²) in [4.78, 5) is 21.2. The van der Waals surface area contributed by atoms with Crippen molar-refractivity contribution in [1.82, 2.24) is 14.5 Å². The first-order valence-electron chi connectivity index (χ1n) is 9.81. The van der Waals surface area contributed by atoms with E-state index in [1.165, 1.54) is 19.3 Å². The Morgan fingerprint density at radius 1 is 1.18 bits per heavy atom. The number of carbonyl (C=O) groups is 1. The van der Waals surface area contributed by atoms with Gasteiger partial charge in [0.15, 0.2) is 0 Å². The van der Waals surface area contributed by atoms with Gasteiger partial charge >= 0.3 is 5.97 Å². The Bertz CT molecular complexity index is 1010. The number of aromatic nitrogens is 3. The third-order valence-electron chi connectivity index (χ3n) is 5.75. The molecular formula is C22H25N3O2S. The summed E-state index contributed by atoms with van der Waals surface area (Å²) in [5.41, 5.74) is 5.87. The molecule has 5 nitrogen and oxygen atoms in total. The Morgan fingerprint density at radius 3 is 2.57 bits per heavy atom. The molecule has 0 aliphatic heterocycles. The number of aromatic carboxylic acids is 1. The van der Waals surface area contributed by atoms with Crippen molar-refractivity contribution < 1.29 is 9.90 Å². The fourth-order valence-corrected chi connectivity index (χ4v) is 5.19. The van der Waals surface area contributed by atoms with Crippen molar-refractivity contribution in [3.8, 4) is 22.0 Å². The molecule has 3 aromatic heterocycles. The number of rotatable bonds is 4. The highest BCUT2D eigenvalue weighted by Crippen LogP contribution is 2.40. The predicted molar refractivity (Wildman–Crippen MR) is 112 cm³/mol. The Kier molecular flexibility index (Phi) is 5.06. The van der Waals surface area contributed by atoms with Crippen molar-refractivity contribution in [3.05, 3.63) is 46.2 Å². The average molecular weight is 396 g/mol. The van der Waals surface area contributed by atoms with Crippen molar-refractivity contribution in [2.75, 3.05) is 0 Å². The first-order valence-corrected chi connectivity index (χ1v) is 10.7. The zero-order chi connectivity index (χ0) is 19.8. The van der Waals surface area contributed by atoms with Gasteiger partial charge in [-0.1, -0.05) is 19.3 Å². The molecule has 6 heteroatoms. The summed E-state index contributed by atoms with van der Waals surface area (Å²) in [5.74, 6) is -0.857. The molecule has 0 unspecified atom stereocenters. The van der Waals surface area contributed by atoms with E-state index in [0.717, 1.165) is 51.8 Å². The lowest BCUT2D eigenvalue weighted by molar-refractivity contribution is 0.0695. The van der Waals surface area contributed by atoms with Crippen LogP contribution in [0.25, 0.3) is 22.0 Å². The van der Waals surface area contributed by atoms with Gasteiger partial charge in [-0.3, -0.25) is 4.98 Å². The summed E-state index contributed by atoms with van der Waals surface area (Å²) >= 11 is 1.58. The maximum absolute atomic E-state index is 11.9. The van der Waals surface area contributed by atoms with Crippen molar-refractivity contribution in [2.24, 2.45) is 0 Å². The highest BCUT2D eigenvalue weighted by molar-refractivity contribution is 7.13. The highest BCUT2D eigenvalue weighted by Gasteiger charge is 2.29. The lowest BCUT2D eigenvalue weighted by Crippen LogP contribution is -2.15. The quantitative estimate of drug-likeness (QED) is 0.606. The largest absolute Gasteiger partial charge is 0.478 e. The molecule has 0 atom stereocenters. The van der Waals surface area contributed by atoms with Gasteiger partial charge in [0.1, 0.15) is 5.01 Å². The topological polar surface area (TPSA) is 68.0 Å². The summed E-state index contributed by atoms with van der Waals surface area (Å²) in [6, 6.07) is 4.37. The second-order valence-corrected chi connectivity index (χ2v) is 8.49. The molecule has 146 valence electrons. The molecule has 0 radical (unpaired) electrons. The molecule has 4 rings (SSSR count). The first-order chi connectivity index (χ1) is 13.5. The van der Waals surface area contributed by atoms with Crippen LogP contribution in [0.2, 0.25) is 0 Å². The van der Waals surface area contributed by atoms with Crippen LogP contribution < -0.4 is 0 Å². The zero-order valence-corrected chi connectivity index (χ0v) is 17.3. The molecule has 0 aromatic carbocycles. The number of pyridine rings is 1. The minimum absolute atomic E-state index is 0.349. The molecule has 0 saturated heterocycles. The summed E-state index contributed by atoms with van der Waals surface area (Å²) in [6.07, 6.45) is 7.69. The Labute approximate surface area is 169 Å². The third kappa shape index (κ3) is 3.26. The highest BCUT2D eigenvalue weighted by atomic mass is 32.1. The molecule has 1 aliphatic carbocycles. The van der Waals surface area contributed by atoms with E-state index in [2.05, 4.69) is 9.55 Å². The van der Waals surface area contributed by atoms with Crippen molar-refractivity contribution in [3.63, 3.8) is 0 Å². The number of carboxylic acid groups (broad SMARTS) is 1. The summed E-state index contributed by atoms with van der Waals surface area (Å²) in [7, 11) is 0. The molecule has 3 aromatic rings. The Hall–Kier alpha value is -2.47. The van der Waals surface area contributed by atoms with E-state index in [9.17, 15) is 9.90 Å². The van der Waals surface area contributed by atoms with Crippen LogP contribution in [0.15, 0.2) is 23.7 Å². The number of thiazole rings is 1. The lowest BCUT2D eigenvalue weighted by Gasteiger charge is -2.27. The Morgan fingerprint density at radius 2 is 1.93 bits per heavy atom. The van der Waals surface area contributed by atoms with E-state index >= 15 is 0 Å². The van der Waals surface area contributed by atoms with Crippen LogP contribution in [0.5, 0.6) is 0 Å². The minimum atomic E-state index is -0.857. The van der Waals surface area contributed by atoms with Crippen LogP contribution >= 0.6 is 11.3 Å². The van der Waals surface area contributed by atoms with Crippen LogP contribution in [-0.2, 0) is 0 Å². The summed E-state index contributed by atoms with van der Waals surface area (Å²) in [5, 5.41) is 12.8. The molecule has 0 amide bonds. The van der Waals surface area contributed by atoms with Crippen LogP contribution in [0.4, 0.5) is 0 Å². The van der Waals surface area contributed by atoms with Crippen molar-refractivity contribution in [2.45, 2.75) is 58.9 Å². The van der Waals surface area contributed by atoms with Gasteiger partial charge < -0.3 is 9.67 Å². The van der Waals surface area contributed by atoms with Crippen LogP contribution in [0.3, 0.4) is 0 Å². The van der Waals surface area contributed by atoms with Crippen molar-refractivity contribution >= 4 is 17.3 Å². The standard InChI is InChI=1S/C22H25N3O2S/c1-13-9-10-16(11-23-13)21-24-18(12-28-21)20-14(2)19(22(26)27)15(3)25(20)17-7-5-4-6-8-17/h9-12,17H,4-8H2,1-3H3,(H,26,27). The van der Waals surface area contributed by atoms with Crippen LogP contribution in [0, 0.1) is 20.8 Å². The molecule has 0 spiro atoms. The normalized spacial score (nSPS) is 15.1. The van der Waals surface area contributed by atoms with Crippen LogP contribution in [0.1, 0.15) is 65.5 Å². The second kappa shape index (κ2) is 7.51. The number of aryl methyl sites for hydroxylation is 1. The van der Waals surface area contributed by atoms with Crippen molar-refractivity contribution in [1.29, 1.82) is 0 Å². The predicted octanol–water partition coefficient (Wildman–Crippen LogP) is 5.80. The first kappa shape index (κ1) is 18.9. The fraction of sp³-hybridized carbons (Fsp3) is 0.409. The minimum Gasteiger partial charge on any atom is -0.478 e. The van der Waals surface area contributed by atoms with E-state index < -0.39 is 5.97 Å². The van der Waals surface area contributed by atoms with Crippen LogP contribution in [-0.4, -0.2) is 25.6 Å². The van der Waals surface area contributed by atoms with Gasteiger partial charge in [-0.05, 0) is 51.3 Å². The number of nitrogens with zero attached hydrogens (tertiary/aromatic N) is 3. The summed E-state index contributed by atoms with van der Waals surface area (Å²) in [6.45, 7) is 5.82. The second-order valence-electron chi connectivity index (χ2n) is 7.63. The number of carboxylic acids is 1. The van der Waals surface area contributed by atoms with Gasteiger partial charge in [0, 0.05) is 34.6 Å². The van der Waals surface area contributed by atoms with E-state index in [-0.39, 0.29) is 0 Å². The van der Waals surface area contributed by atoms with Gasteiger partial charge in [0.2, 0.25) is 0 Å². The zero-order valence-electron chi connectivity index (χ0n) is 16.5. The maximum Gasteiger partial charge on any atom is 0.337 e. The smallest absolute Gasteiger partial charge is 0.337 e. The molecule has 1 saturated carbocycles. The Balaban J connectivity index is 1.83. The maximum atomic E-state index is 11.9. The van der Waals surface area contributed by atoms with E-state index in [1.54, 1.807) is 11.3 Å². The van der Waals surface area contributed by atoms with Gasteiger partial charge in [-0.2, -0.15) is 0 Å².